The Labute approximate surface area is 195 Å². The van der Waals surface area contributed by atoms with Gasteiger partial charge in [-0.25, -0.2) is 0 Å². The largest absolute Gasteiger partial charge is 0.326 e. The predicted molar refractivity (Wildman–Crippen MR) is 136 cm³/mol. The molecule has 0 aliphatic heterocycles. The molecular formula is C26H56NO3S+. The summed E-state index contributed by atoms with van der Waals surface area (Å²) in [4.78, 5) is 0. The van der Waals surface area contributed by atoms with Gasteiger partial charge in [0.05, 0.1) is 32.4 Å². The number of unbranched alkanes of at least 4 members (excludes halogenated alkanes) is 17. The van der Waals surface area contributed by atoms with E-state index in [0.717, 1.165) is 11.0 Å². The van der Waals surface area contributed by atoms with Crippen molar-refractivity contribution in [2.75, 3.05) is 26.4 Å². The van der Waals surface area contributed by atoms with Gasteiger partial charge in [-0.2, -0.15) is 8.42 Å². The van der Waals surface area contributed by atoms with Crippen LogP contribution in [0.25, 0.3) is 0 Å². The van der Waals surface area contributed by atoms with Crippen LogP contribution < -0.4 is 0 Å². The Morgan fingerprint density at radius 2 is 0.968 bits per heavy atom. The van der Waals surface area contributed by atoms with Crippen molar-refractivity contribution in [2.24, 2.45) is 0 Å². The van der Waals surface area contributed by atoms with Crippen LogP contribution >= 0.6 is 0 Å². The van der Waals surface area contributed by atoms with Crippen molar-refractivity contribution in [3.05, 3.63) is 0 Å². The highest BCUT2D eigenvalue weighted by atomic mass is 32.2. The quantitative estimate of drug-likeness (QED) is 0.0958. The molecule has 188 valence electrons. The number of quaternary nitrogens is 1. The maximum Gasteiger partial charge on any atom is 0.265 e. The first-order valence-corrected chi connectivity index (χ1v) is 15.1. The third-order valence-corrected chi connectivity index (χ3v) is 7.83. The maximum atomic E-state index is 10.9. The molecule has 0 aliphatic carbocycles. The van der Waals surface area contributed by atoms with Crippen molar-refractivity contribution in [2.45, 2.75) is 142 Å². The lowest BCUT2D eigenvalue weighted by Crippen LogP contribution is -2.48. The lowest BCUT2D eigenvalue weighted by Gasteiger charge is -2.36. The minimum Gasteiger partial charge on any atom is -0.326 e. The van der Waals surface area contributed by atoms with E-state index in [1.807, 2.05) is 0 Å². The lowest BCUT2D eigenvalue weighted by atomic mass is 10.0. The summed E-state index contributed by atoms with van der Waals surface area (Å²) in [5.74, 6) is -0.130. The Bertz CT molecular complexity index is 491. The Morgan fingerprint density at radius 1 is 0.645 bits per heavy atom. The molecular weight excluding hydrogens is 406 g/mol. The highest BCUT2D eigenvalue weighted by Crippen LogP contribution is 2.16. The molecule has 0 aromatic carbocycles. The van der Waals surface area contributed by atoms with Gasteiger partial charge in [-0.1, -0.05) is 110 Å². The zero-order chi connectivity index (χ0) is 23.4. The van der Waals surface area contributed by atoms with Crippen LogP contribution in [0.5, 0.6) is 0 Å². The average Bonchev–Trinajstić information content (AvgIpc) is 2.70. The maximum absolute atomic E-state index is 10.9. The van der Waals surface area contributed by atoms with Gasteiger partial charge >= 0.3 is 0 Å². The summed E-state index contributed by atoms with van der Waals surface area (Å²) < 4.78 is 31.7. The fourth-order valence-electron chi connectivity index (χ4n) is 4.31. The molecule has 0 saturated carbocycles. The van der Waals surface area contributed by atoms with Crippen LogP contribution in [0.4, 0.5) is 0 Å². The van der Waals surface area contributed by atoms with Gasteiger partial charge < -0.3 is 4.48 Å². The zero-order valence-electron chi connectivity index (χ0n) is 21.5. The monoisotopic (exact) mass is 462 g/mol. The van der Waals surface area contributed by atoms with E-state index in [1.165, 1.54) is 116 Å². The Kier molecular flexibility index (Phi) is 19.3. The first-order chi connectivity index (χ1) is 14.7. The highest BCUT2D eigenvalue weighted by molar-refractivity contribution is 7.85. The highest BCUT2D eigenvalue weighted by Gasteiger charge is 2.24. The molecule has 4 nitrogen and oxygen atoms in total. The molecule has 0 aliphatic rings. The summed E-state index contributed by atoms with van der Waals surface area (Å²) in [5, 5.41) is 0. The van der Waals surface area contributed by atoms with Crippen LogP contribution in [0.3, 0.4) is 0 Å². The zero-order valence-corrected chi connectivity index (χ0v) is 22.4. The van der Waals surface area contributed by atoms with Crippen molar-refractivity contribution in [1.82, 2.24) is 0 Å². The fourth-order valence-corrected chi connectivity index (χ4v) is 4.95. The van der Waals surface area contributed by atoms with Gasteiger partial charge in [0, 0.05) is 6.42 Å². The molecule has 5 heteroatoms. The minimum atomic E-state index is -3.84. The summed E-state index contributed by atoms with van der Waals surface area (Å²) in [6.07, 6.45) is 25.5. The normalized spacial score (nSPS) is 13.6. The van der Waals surface area contributed by atoms with Crippen molar-refractivity contribution in [3.63, 3.8) is 0 Å². The van der Waals surface area contributed by atoms with E-state index in [4.69, 9.17) is 4.55 Å². The molecule has 0 amide bonds. The van der Waals surface area contributed by atoms with Crippen molar-refractivity contribution >= 4 is 10.1 Å². The predicted octanol–water partition coefficient (Wildman–Crippen LogP) is 7.77. The molecule has 1 N–H and O–H groups in total. The summed E-state index contributed by atoms with van der Waals surface area (Å²) >= 11 is 0. The van der Waals surface area contributed by atoms with Crippen LogP contribution in [0.1, 0.15) is 136 Å². The first-order valence-electron chi connectivity index (χ1n) is 13.5. The topological polar surface area (TPSA) is 54.4 Å². The van der Waals surface area contributed by atoms with Crippen LogP contribution in [-0.4, -0.2) is 49.9 Å². The Hall–Kier alpha value is -0.130. The number of hydrogen-bond donors (Lipinski definition) is 1. The molecule has 31 heavy (non-hydrogen) atoms. The Morgan fingerprint density at radius 3 is 1.29 bits per heavy atom. The second kappa shape index (κ2) is 19.3. The van der Waals surface area contributed by atoms with Gasteiger partial charge in [0.2, 0.25) is 0 Å². The molecule has 0 aromatic rings. The van der Waals surface area contributed by atoms with Gasteiger partial charge in [-0.3, -0.25) is 4.55 Å². The second-order valence-corrected chi connectivity index (χ2v) is 12.0. The van der Waals surface area contributed by atoms with E-state index in [1.54, 1.807) is 0 Å². The third-order valence-electron chi connectivity index (χ3n) is 7.07. The van der Waals surface area contributed by atoms with E-state index in [0.29, 0.717) is 6.42 Å². The second-order valence-electron chi connectivity index (χ2n) is 10.4. The summed E-state index contributed by atoms with van der Waals surface area (Å²) in [6, 6.07) is 0.243. The van der Waals surface area contributed by atoms with E-state index in [-0.39, 0.29) is 11.8 Å². The number of nitrogens with zero attached hydrogens (tertiary/aromatic N) is 1. The number of hydrogen-bond acceptors (Lipinski definition) is 2. The number of rotatable bonds is 23. The molecule has 0 spiro atoms. The van der Waals surface area contributed by atoms with Crippen LogP contribution in [0.2, 0.25) is 0 Å². The standard InChI is InChI=1S/C26H55NO3S/c1-5-6-7-8-9-10-11-12-13-14-15-16-17-18-19-20-21-22-24-27(3,4)26(2)23-25-31(28,29)30/h26H,5-25H2,1-4H3/p+1. The van der Waals surface area contributed by atoms with Crippen molar-refractivity contribution in [1.29, 1.82) is 0 Å². The first kappa shape index (κ1) is 30.9. The van der Waals surface area contributed by atoms with Gasteiger partial charge in [-0.05, 0) is 19.8 Å². The van der Waals surface area contributed by atoms with Gasteiger partial charge in [0.25, 0.3) is 10.1 Å². The van der Waals surface area contributed by atoms with E-state index < -0.39 is 10.1 Å². The van der Waals surface area contributed by atoms with Gasteiger partial charge in [-0.15, -0.1) is 0 Å². The molecule has 0 fully saturated rings. The molecule has 0 heterocycles. The molecule has 1 unspecified atom stereocenters. The molecule has 1 atom stereocenters. The van der Waals surface area contributed by atoms with Crippen LogP contribution in [0.15, 0.2) is 0 Å². The minimum absolute atomic E-state index is 0.130. The van der Waals surface area contributed by atoms with E-state index in [9.17, 15) is 8.42 Å². The van der Waals surface area contributed by atoms with E-state index in [2.05, 4.69) is 27.9 Å². The third kappa shape index (κ3) is 21.5. The van der Waals surface area contributed by atoms with Crippen molar-refractivity contribution < 1.29 is 17.5 Å². The van der Waals surface area contributed by atoms with Gasteiger partial charge in [0.15, 0.2) is 0 Å². The molecule has 0 rings (SSSR count). The fraction of sp³-hybridized carbons (Fsp3) is 1.00. The molecule has 0 saturated heterocycles. The summed E-state index contributed by atoms with van der Waals surface area (Å²) in [6.45, 7) is 5.44. The average molecular weight is 463 g/mol. The van der Waals surface area contributed by atoms with Crippen LogP contribution in [-0.2, 0) is 10.1 Å². The SMILES string of the molecule is CCCCCCCCCCCCCCCCCCCC[N+](C)(C)C(C)CCS(=O)(=O)O. The van der Waals surface area contributed by atoms with E-state index >= 15 is 0 Å². The smallest absolute Gasteiger partial charge is 0.265 e. The summed E-state index contributed by atoms with van der Waals surface area (Å²) in [5.41, 5.74) is 0. The lowest BCUT2D eigenvalue weighted by molar-refractivity contribution is -0.913. The Balaban J connectivity index is 3.39. The molecule has 0 aromatic heterocycles. The van der Waals surface area contributed by atoms with Gasteiger partial charge in [0.1, 0.15) is 0 Å². The van der Waals surface area contributed by atoms with Crippen molar-refractivity contribution in [3.8, 4) is 0 Å². The molecule has 0 radical (unpaired) electrons. The summed E-state index contributed by atoms with van der Waals surface area (Å²) in [7, 11) is 0.495. The molecule has 0 bridgehead atoms. The van der Waals surface area contributed by atoms with Crippen LogP contribution in [0, 0.1) is 0 Å².